The number of hydrogen-bond acceptors (Lipinski definition) is 8. The maximum absolute atomic E-state index is 12.5. The van der Waals surface area contributed by atoms with Crippen LogP contribution in [0.5, 0.6) is 5.75 Å². The number of carbonyl (C=O) groups is 4. The number of carbonyl (C=O) groups excluding carboxylic acids is 4. The van der Waals surface area contributed by atoms with Crippen LogP contribution in [0.4, 0.5) is 0 Å². The van der Waals surface area contributed by atoms with Crippen LogP contribution in [0, 0.1) is 12.3 Å². The van der Waals surface area contributed by atoms with Gasteiger partial charge in [-0.3, -0.25) is 29.4 Å². The van der Waals surface area contributed by atoms with E-state index in [1.165, 1.54) is 0 Å². The fraction of sp³-hybridized carbons (Fsp3) is 0.579. The summed E-state index contributed by atoms with van der Waals surface area (Å²) in [7, 11) is 0. The number of hydrogen-bond donors (Lipinski definition) is 4. The zero-order chi connectivity index (χ0) is 37.8. The molecule has 284 valence electrons. The molecule has 3 fully saturated rings. The average molecular weight is 721 g/mol. The number of nitrogens with one attached hydrogen (secondary N) is 4. The van der Waals surface area contributed by atoms with E-state index in [4.69, 9.17) is 9.47 Å². The first-order chi connectivity index (χ1) is 24.8. The quantitative estimate of drug-likeness (QED) is 0.214. The summed E-state index contributed by atoms with van der Waals surface area (Å²) < 4.78 is 10.7. The van der Waals surface area contributed by atoms with Crippen LogP contribution in [0.3, 0.4) is 0 Å². The summed E-state index contributed by atoms with van der Waals surface area (Å²) >= 11 is 0. The third-order valence-electron chi connectivity index (χ3n) is 9.25. The molecule has 2 atom stereocenters. The van der Waals surface area contributed by atoms with Crippen LogP contribution >= 0.6 is 0 Å². The Balaban J connectivity index is 0.000000190. The lowest BCUT2D eigenvalue weighted by Gasteiger charge is -2.37. The first-order valence-electron chi connectivity index (χ1n) is 18.3. The highest BCUT2D eigenvalue weighted by Crippen LogP contribution is 2.27. The Hall–Kier alpha value is -4.72. The lowest BCUT2D eigenvalue weighted by atomic mass is 9.87. The van der Waals surface area contributed by atoms with E-state index >= 15 is 0 Å². The van der Waals surface area contributed by atoms with Gasteiger partial charge < -0.3 is 29.9 Å². The van der Waals surface area contributed by atoms with Crippen molar-refractivity contribution in [3.05, 3.63) is 64.7 Å². The number of likely N-dealkylation sites (tertiary alicyclic amines) is 2. The van der Waals surface area contributed by atoms with Crippen LogP contribution in [0.1, 0.15) is 111 Å². The van der Waals surface area contributed by atoms with Gasteiger partial charge in [0.05, 0.1) is 36.5 Å². The zero-order valence-corrected chi connectivity index (χ0v) is 31.7. The molecule has 3 saturated heterocycles. The van der Waals surface area contributed by atoms with E-state index in [-0.39, 0.29) is 29.8 Å². The van der Waals surface area contributed by atoms with Gasteiger partial charge in [0.2, 0.25) is 12.3 Å². The van der Waals surface area contributed by atoms with E-state index < -0.39 is 5.41 Å². The summed E-state index contributed by atoms with van der Waals surface area (Å²) in [5.41, 5.74) is 3.82. The van der Waals surface area contributed by atoms with Crippen molar-refractivity contribution in [2.75, 3.05) is 46.0 Å². The fourth-order valence-electron chi connectivity index (χ4n) is 5.86. The minimum atomic E-state index is -0.411. The Kier molecular flexibility index (Phi) is 14.4. The van der Waals surface area contributed by atoms with Crippen molar-refractivity contribution in [2.24, 2.45) is 5.41 Å². The van der Waals surface area contributed by atoms with Crippen molar-refractivity contribution in [1.29, 1.82) is 0 Å². The number of amides is 4. The highest BCUT2D eigenvalue weighted by molar-refractivity contribution is 5.97. The smallest absolute Gasteiger partial charge is 0.274 e. The number of nitrogens with zero attached hydrogens (tertiary/aromatic N) is 4. The van der Waals surface area contributed by atoms with Gasteiger partial charge in [0, 0.05) is 49.7 Å². The van der Waals surface area contributed by atoms with Gasteiger partial charge in [-0.1, -0.05) is 46.8 Å². The van der Waals surface area contributed by atoms with E-state index in [9.17, 15) is 19.2 Å². The fourth-order valence-corrected chi connectivity index (χ4v) is 5.86. The number of aromatic amines is 2. The van der Waals surface area contributed by atoms with Gasteiger partial charge in [0.15, 0.2) is 0 Å². The Labute approximate surface area is 306 Å². The van der Waals surface area contributed by atoms with E-state index in [0.29, 0.717) is 74.8 Å². The van der Waals surface area contributed by atoms with Gasteiger partial charge in [0.25, 0.3) is 11.8 Å². The van der Waals surface area contributed by atoms with Crippen LogP contribution in [0.2, 0.25) is 0 Å². The molecule has 0 spiro atoms. The molecule has 0 radical (unpaired) electrons. The molecular weight excluding hydrogens is 664 g/mol. The van der Waals surface area contributed by atoms with Crippen molar-refractivity contribution in [1.82, 2.24) is 40.8 Å². The molecule has 14 heteroatoms. The number of benzene rings is 1. The van der Waals surface area contributed by atoms with Gasteiger partial charge in [-0.2, -0.15) is 10.2 Å². The van der Waals surface area contributed by atoms with E-state index in [0.717, 1.165) is 42.8 Å². The first-order valence-corrected chi connectivity index (χ1v) is 18.3. The largest absolute Gasteiger partial charge is 0.493 e. The molecule has 2 aromatic heterocycles. The van der Waals surface area contributed by atoms with E-state index in [1.807, 2.05) is 52.8 Å². The highest BCUT2D eigenvalue weighted by atomic mass is 16.5. The molecule has 3 aliphatic heterocycles. The Morgan fingerprint density at radius 3 is 2.27 bits per heavy atom. The van der Waals surface area contributed by atoms with Crippen LogP contribution in [0.15, 0.2) is 36.4 Å². The monoisotopic (exact) mass is 720 g/mol. The molecule has 0 bridgehead atoms. The summed E-state index contributed by atoms with van der Waals surface area (Å²) in [5, 5.41) is 20.0. The predicted molar refractivity (Wildman–Crippen MR) is 197 cm³/mol. The summed E-state index contributed by atoms with van der Waals surface area (Å²) in [6.07, 6.45) is 3.29. The van der Waals surface area contributed by atoms with E-state index in [1.54, 1.807) is 21.9 Å². The number of aromatic nitrogens is 4. The second-order valence-electron chi connectivity index (χ2n) is 14.7. The molecule has 0 saturated carbocycles. The molecular formula is C38H56N8O6. The van der Waals surface area contributed by atoms with Gasteiger partial charge in [0.1, 0.15) is 11.4 Å². The van der Waals surface area contributed by atoms with Gasteiger partial charge >= 0.3 is 0 Å². The Morgan fingerprint density at radius 1 is 1.00 bits per heavy atom. The van der Waals surface area contributed by atoms with Crippen molar-refractivity contribution >= 4 is 24.1 Å². The average Bonchev–Trinajstić information content (AvgIpc) is 3.95. The molecule has 14 nitrogen and oxygen atoms in total. The van der Waals surface area contributed by atoms with Gasteiger partial charge in [-0.05, 0) is 69.2 Å². The number of para-hydroxylation sites is 1. The zero-order valence-electron chi connectivity index (χ0n) is 31.7. The first kappa shape index (κ1) is 40.1. The molecule has 6 rings (SSSR count). The highest BCUT2D eigenvalue weighted by Gasteiger charge is 2.42. The molecule has 2 unspecified atom stereocenters. The number of H-pyrrole nitrogens is 2. The SMILES string of the molecule is CC(C)c1cc(C(=O)N2CCC(NC(=O)C3(C)COC3)C2)n[nH]1.CCCOc1ccccc1C(=O)NC1CCN(C=O)C1.Cc1cc(C(C)C)n[nH]1. The number of aryl methyl sites for hydroxylation is 1. The minimum absolute atomic E-state index is 0.00684. The van der Waals surface area contributed by atoms with Crippen LogP contribution in [0.25, 0.3) is 0 Å². The summed E-state index contributed by atoms with van der Waals surface area (Å²) in [5.74, 6) is 1.24. The van der Waals surface area contributed by atoms with Crippen LogP contribution in [-0.4, -0.2) is 112 Å². The molecule has 3 aliphatic rings. The Morgan fingerprint density at radius 2 is 1.71 bits per heavy atom. The van der Waals surface area contributed by atoms with Crippen molar-refractivity contribution in [3.63, 3.8) is 0 Å². The third kappa shape index (κ3) is 10.9. The summed E-state index contributed by atoms with van der Waals surface area (Å²) in [4.78, 5) is 51.1. The minimum Gasteiger partial charge on any atom is -0.493 e. The van der Waals surface area contributed by atoms with Crippen LogP contribution in [-0.2, 0) is 14.3 Å². The second-order valence-corrected chi connectivity index (χ2v) is 14.7. The summed E-state index contributed by atoms with van der Waals surface area (Å²) in [6, 6.07) is 11.1. The molecule has 0 aliphatic carbocycles. The molecule has 4 N–H and O–H groups in total. The van der Waals surface area contributed by atoms with Gasteiger partial charge in [-0.15, -0.1) is 0 Å². The normalized spacial score (nSPS) is 18.9. The molecule has 5 heterocycles. The molecule has 3 aromatic rings. The molecule has 1 aromatic carbocycles. The number of ether oxygens (including phenoxy) is 2. The van der Waals surface area contributed by atoms with Crippen molar-refractivity contribution in [2.45, 2.75) is 91.6 Å². The van der Waals surface area contributed by atoms with Crippen molar-refractivity contribution in [3.8, 4) is 5.75 Å². The predicted octanol–water partition coefficient (Wildman–Crippen LogP) is 4.18. The third-order valence-corrected chi connectivity index (χ3v) is 9.25. The maximum atomic E-state index is 12.5. The molecule has 4 amide bonds. The van der Waals surface area contributed by atoms with E-state index in [2.05, 4.69) is 50.9 Å². The topological polar surface area (TPSA) is 175 Å². The molecule has 52 heavy (non-hydrogen) atoms. The van der Waals surface area contributed by atoms with Crippen LogP contribution < -0.4 is 15.4 Å². The second kappa shape index (κ2) is 18.7. The number of rotatable bonds is 11. The lowest BCUT2D eigenvalue weighted by Crippen LogP contribution is -2.54. The maximum Gasteiger partial charge on any atom is 0.274 e. The standard InChI is InChI=1S/C16H24N4O3.C15H20N2O3.C7H12N2/c1-10(2)12-6-13(19-18-12)14(21)20-5-4-11(7-20)17-15(22)16(3)8-23-9-16;1-2-9-20-14-6-4-3-5-13(14)15(19)16-12-7-8-17(10-12)11-18;1-5(2)7-4-6(3)8-9-7/h6,10-11H,4-5,7-9H2,1-3H3,(H,17,22)(H,18,19);3-6,11-12H,2,7-10H2,1H3,(H,16,19);4-5H,1-3H3,(H,8,9). The summed E-state index contributed by atoms with van der Waals surface area (Å²) in [6.45, 7) is 18.3. The van der Waals surface area contributed by atoms with Crippen molar-refractivity contribution < 1.29 is 28.7 Å². The van der Waals surface area contributed by atoms with Gasteiger partial charge in [-0.25, -0.2) is 0 Å². The lowest BCUT2D eigenvalue weighted by molar-refractivity contribution is -0.158. The Bertz CT molecular complexity index is 1630.